The molecule has 3 heteroatoms. The van der Waals surface area contributed by atoms with Crippen LogP contribution in [0.4, 0.5) is 0 Å². The summed E-state index contributed by atoms with van der Waals surface area (Å²) in [6.07, 6.45) is 0. The molecule has 0 unspecified atom stereocenters. The number of para-hydroxylation sites is 1. The van der Waals surface area contributed by atoms with Crippen LogP contribution in [0.15, 0.2) is 48.5 Å². The molecule has 0 radical (unpaired) electrons. The van der Waals surface area contributed by atoms with Gasteiger partial charge in [-0.1, -0.05) is 42.5 Å². The minimum absolute atomic E-state index is 0.0432. The van der Waals surface area contributed by atoms with Crippen molar-refractivity contribution in [3.63, 3.8) is 0 Å². The number of fused-ring (bicyclic) bond motifs is 1. The lowest BCUT2D eigenvalue weighted by Gasteiger charge is -2.01. The Morgan fingerprint density at radius 1 is 0.938 bits per heavy atom. The third-order valence-corrected chi connectivity index (χ3v) is 2.59. The molecular formula is C13H10N2O. The fourth-order valence-corrected chi connectivity index (χ4v) is 1.88. The Bertz CT molecular complexity index is 629. The monoisotopic (exact) mass is 210 g/mol. The summed E-state index contributed by atoms with van der Waals surface area (Å²) in [7, 11) is 0. The van der Waals surface area contributed by atoms with Gasteiger partial charge in [-0.15, -0.1) is 0 Å². The minimum atomic E-state index is -0.0432. The molecule has 0 bridgehead atoms. The van der Waals surface area contributed by atoms with Crippen LogP contribution in [0, 0.1) is 0 Å². The first kappa shape index (κ1) is 8.97. The summed E-state index contributed by atoms with van der Waals surface area (Å²) in [4.78, 5) is 6.87. The van der Waals surface area contributed by atoms with Crippen LogP contribution in [0.1, 0.15) is 0 Å². The van der Waals surface area contributed by atoms with E-state index in [-0.39, 0.29) is 6.01 Å². The Morgan fingerprint density at radius 2 is 1.75 bits per heavy atom. The Labute approximate surface area is 92.4 Å². The van der Waals surface area contributed by atoms with Gasteiger partial charge in [0, 0.05) is 5.56 Å². The highest BCUT2D eigenvalue weighted by Gasteiger charge is 2.07. The fraction of sp³-hybridized carbons (Fsp3) is 0. The lowest BCUT2D eigenvalue weighted by molar-refractivity contribution is 0.438. The quantitative estimate of drug-likeness (QED) is 0.648. The van der Waals surface area contributed by atoms with E-state index >= 15 is 0 Å². The van der Waals surface area contributed by atoms with Gasteiger partial charge in [0.15, 0.2) is 0 Å². The molecule has 2 aromatic carbocycles. The van der Waals surface area contributed by atoms with Crippen LogP contribution in [-0.2, 0) is 0 Å². The van der Waals surface area contributed by atoms with Crippen molar-refractivity contribution in [3.8, 4) is 17.1 Å². The molecule has 0 atom stereocenters. The molecule has 3 rings (SSSR count). The van der Waals surface area contributed by atoms with Gasteiger partial charge in [-0.3, -0.25) is 0 Å². The zero-order valence-corrected chi connectivity index (χ0v) is 8.51. The number of hydrogen-bond donors (Lipinski definition) is 2. The predicted octanol–water partition coefficient (Wildman–Crippen LogP) is 2.94. The van der Waals surface area contributed by atoms with E-state index in [4.69, 9.17) is 0 Å². The largest absolute Gasteiger partial charge is 0.480 e. The van der Waals surface area contributed by atoms with Gasteiger partial charge in [-0.05, 0) is 11.6 Å². The van der Waals surface area contributed by atoms with Gasteiger partial charge in [0.05, 0.1) is 11.0 Å². The normalized spacial score (nSPS) is 10.8. The second-order valence-electron chi connectivity index (χ2n) is 3.63. The summed E-state index contributed by atoms with van der Waals surface area (Å²) < 4.78 is 0. The second-order valence-corrected chi connectivity index (χ2v) is 3.63. The molecule has 0 spiro atoms. The molecule has 3 aromatic rings. The number of imidazole rings is 1. The molecule has 78 valence electrons. The predicted molar refractivity (Wildman–Crippen MR) is 63.2 cm³/mol. The van der Waals surface area contributed by atoms with Crippen molar-refractivity contribution < 1.29 is 5.11 Å². The molecule has 0 fully saturated rings. The van der Waals surface area contributed by atoms with Crippen molar-refractivity contribution >= 4 is 11.0 Å². The third-order valence-electron chi connectivity index (χ3n) is 2.59. The first-order valence-electron chi connectivity index (χ1n) is 5.08. The SMILES string of the molecule is Oc1nc2cccc(-c3ccccc3)c2[nH]1. The summed E-state index contributed by atoms with van der Waals surface area (Å²) in [6.45, 7) is 0. The first-order chi connectivity index (χ1) is 7.84. The van der Waals surface area contributed by atoms with Crippen LogP contribution >= 0.6 is 0 Å². The van der Waals surface area contributed by atoms with Gasteiger partial charge < -0.3 is 10.1 Å². The highest BCUT2D eigenvalue weighted by Crippen LogP contribution is 2.27. The number of aromatic amines is 1. The van der Waals surface area contributed by atoms with E-state index in [0.29, 0.717) is 0 Å². The highest BCUT2D eigenvalue weighted by molar-refractivity contribution is 5.92. The third kappa shape index (κ3) is 1.34. The summed E-state index contributed by atoms with van der Waals surface area (Å²) in [5, 5.41) is 9.36. The van der Waals surface area contributed by atoms with E-state index in [1.54, 1.807) is 0 Å². The van der Waals surface area contributed by atoms with Gasteiger partial charge in [-0.2, -0.15) is 4.98 Å². The summed E-state index contributed by atoms with van der Waals surface area (Å²) in [5.74, 6) is 0. The molecule has 16 heavy (non-hydrogen) atoms. The van der Waals surface area contributed by atoms with E-state index in [0.717, 1.165) is 22.2 Å². The average Bonchev–Trinajstić information content (AvgIpc) is 2.70. The Balaban J connectivity index is 2.31. The maximum Gasteiger partial charge on any atom is 0.292 e. The van der Waals surface area contributed by atoms with E-state index in [1.165, 1.54) is 0 Å². The van der Waals surface area contributed by atoms with E-state index < -0.39 is 0 Å². The molecule has 2 N–H and O–H groups in total. The molecule has 0 saturated heterocycles. The minimum Gasteiger partial charge on any atom is -0.480 e. The maximum atomic E-state index is 9.36. The van der Waals surface area contributed by atoms with Crippen molar-refractivity contribution in [1.29, 1.82) is 0 Å². The Hall–Kier alpha value is -2.29. The van der Waals surface area contributed by atoms with Gasteiger partial charge in [0.25, 0.3) is 6.01 Å². The maximum absolute atomic E-state index is 9.36. The number of aromatic nitrogens is 2. The number of aromatic hydroxyl groups is 1. The van der Waals surface area contributed by atoms with E-state index in [2.05, 4.69) is 9.97 Å². The lowest BCUT2D eigenvalue weighted by atomic mass is 10.0. The van der Waals surface area contributed by atoms with Gasteiger partial charge in [0.2, 0.25) is 0 Å². The molecule has 3 nitrogen and oxygen atoms in total. The molecular weight excluding hydrogens is 200 g/mol. The number of hydrogen-bond acceptors (Lipinski definition) is 2. The molecule has 0 saturated carbocycles. The molecule has 0 aliphatic carbocycles. The molecule has 0 aliphatic heterocycles. The van der Waals surface area contributed by atoms with Crippen LogP contribution < -0.4 is 0 Å². The van der Waals surface area contributed by atoms with Crippen molar-refractivity contribution in [2.75, 3.05) is 0 Å². The van der Waals surface area contributed by atoms with Crippen molar-refractivity contribution in [2.24, 2.45) is 0 Å². The smallest absolute Gasteiger partial charge is 0.292 e. The molecule has 1 aromatic heterocycles. The highest BCUT2D eigenvalue weighted by atomic mass is 16.3. The van der Waals surface area contributed by atoms with Gasteiger partial charge in [0.1, 0.15) is 0 Å². The van der Waals surface area contributed by atoms with Crippen LogP contribution in [0.5, 0.6) is 6.01 Å². The summed E-state index contributed by atoms with van der Waals surface area (Å²) >= 11 is 0. The summed E-state index contributed by atoms with van der Waals surface area (Å²) in [6, 6.07) is 15.8. The van der Waals surface area contributed by atoms with E-state index in [9.17, 15) is 5.11 Å². The number of rotatable bonds is 1. The lowest BCUT2D eigenvalue weighted by Crippen LogP contribution is -1.79. The van der Waals surface area contributed by atoms with Crippen LogP contribution in [0.2, 0.25) is 0 Å². The first-order valence-corrected chi connectivity index (χ1v) is 5.08. The number of nitrogens with one attached hydrogen (secondary N) is 1. The summed E-state index contributed by atoms with van der Waals surface area (Å²) in [5.41, 5.74) is 3.80. The molecule has 0 amide bonds. The fourth-order valence-electron chi connectivity index (χ4n) is 1.88. The van der Waals surface area contributed by atoms with Crippen molar-refractivity contribution in [1.82, 2.24) is 9.97 Å². The molecule has 0 aliphatic rings. The number of nitrogens with zero attached hydrogens (tertiary/aromatic N) is 1. The van der Waals surface area contributed by atoms with Gasteiger partial charge >= 0.3 is 0 Å². The number of H-pyrrole nitrogens is 1. The zero-order valence-electron chi connectivity index (χ0n) is 8.51. The Kier molecular flexibility index (Phi) is 1.90. The second kappa shape index (κ2) is 3.38. The zero-order chi connectivity index (χ0) is 11.0. The van der Waals surface area contributed by atoms with Crippen LogP contribution in [0.25, 0.3) is 22.2 Å². The average molecular weight is 210 g/mol. The Morgan fingerprint density at radius 3 is 2.56 bits per heavy atom. The number of benzene rings is 2. The van der Waals surface area contributed by atoms with Crippen molar-refractivity contribution in [2.45, 2.75) is 0 Å². The standard InChI is InChI=1S/C13H10N2O/c16-13-14-11-8-4-7-10(12(11)15-13)9-5-2-1-3-6-9/h1-8H,(H2,14,15,16). The topological polar surface area (TPSA) is 48.9 Å². The van der Waals surface area contributed by atoms with Gasteiger partial charge in [-0.25, -0.2) is 0 Å². The van der Waals surface area contributed by atoms with Crippen molar-refractivity contribution in [3.05, 3.63) is 48.5 Å². The molecule has 1 heterocycles. The van der Waals surface area contributed by atoms with Crippen LogP contribution in [-0.4, -0.2) is 15.1 Å². The van der Waals surface area contributed by atoms with E-state index in [1.807, 2.05) is 48.5 Å². The van der Waals surface area contributed by atoms with Crippen LogP contribution in [0.3, 0.4) is 0 Å².